The Hall–Kier alpha value is -2.85. The number of likely N-dealkylation sites (tertiary alicyclic amines) is 1. The van der Waals surface area contributed by atoms with E-state index in [9.17, 15) is 18.3 Å². The molecule has 0 aliphatic carbocycles. The first-order valence-electron chi connectivity index (χ1n) is 10.3. The largest absolute Gasteiger partial charge is 0.455 e. The summed E-state index contributed by atoms with van der Waals surface area (Å²) in [6.07, 6.45) is -0.462. The molecular formula is C21H22F3N5O2. The predicted molar refractivity (Wildman–Crippen MR) is 108 cm³/mol. The zero-order chi connectivity index (χ0) is 21.6. The lowest BCUT2D eigenvalue weighted by Gasteiger charge is -2.19. The first-order valence-corrected chi connectivity index (χ1v) is 10.3. The summed E-state index contributed by atoms with van der Waals surface area (Å²) >= 11 is 0. The van der Waals surface area contributed by atoms with Gasteiger partial charge in [-0.15, -0.1) is 0 Å². The van der Waals surface area contributed by atoms with E-state index in [4.69, 9.17) is 9.40 Å². The predicted octanol–water partition coefficient (Wildman–Crippen LogP) is 4.25. The summed E-state index contributed by atoms with van der Waals surface area (Å²) in [5, 5.41) is 10.3. The third-order valence-corrected chi connectivity index (χ3v) is 5.82. The molecule has 7 nitrogen and oxygen atoms in total. The van der Waals surface area contributed by atoms with Crippen LogP contribution in [0, 0.1) is 0 Å². The minimum Gasteiger partial charge on any atom is -0.455 e. The lowest BCUT2D eigenvalue weighted by atomic mass is 10.2. The van der Waals surface area contributed by atoms with Gasteiger partial charge in [-0.25, -0.2) is 9.97 Å². The molecular weight excluding hydrogens is 411 g/mol. The van der Waals surface area contributed by atoms with E-state index in [0.717, 1.165) is 35.0 Å². The van der Waals surface area contributed by atoms with Crippen molar-refractivity contribution in [3.8, 4) is 11.6 Å². The van der Waals surface area contributed by atoms with Crippen molar-refractivity contribution in [1.29, 1.82) is 0 Å². The number of aliphatic hydroxyl groups excluding tert-OH is 1. The smallest absolute Gasteiger partial charge is 0.389 e. The number of halogens is 3. The van der Waals surface area contributed by atoms with Crippen molar-refractivity contribution in [2.75, 3.05) is 19.6 Å². The number of furan rings is 1. The van der Waals surface area contributed by atoms with Crippen LogP contribution in [0.1, 0.15) is 31.1 Å². The van der Waals surface area contributed by atoms with Gasteiger partial charge in [-0.2, -0.15) is 13.2 Å². The molecule has 1 atom stereocenters. The molecule has 4 aromatic rings. The summed E-state index contributed by atoms with van der Waals surface area (Å²) in [5.74, 6) is 1.62. The van der Waals surface area contributed by atoms with Crippen LogP contribution < -0.4 is 0 Å². The molecule has 5 heterocycles. The Morgan fingerprint density at radius 3 is 2.90 bits per heavy atom. The number of alkyl halides is 3. The van der Waals surface area contributed by atoms with Gasteiger partial charge in [-0.1, -0.05) is 0 Å². The Morgan fingerprint density at radius 2 is 2.13 bits per heavy atom. The summed E-state index contributed by atoms with van der Waals surface area (Å²) in [6, 6.07) is 5.47. The van der Waals surface area contributed by atoms with Crippen molar-refractivity contribution >= 4 is 22.1 Å². The molecule has 0 aromatic carbocycles. The normalized spacial score (nSPS) is 18.0. The summed E-state index contributed by atoms with van der Waals surface area (Å²) in [5.41, 5.74) is 2.39. The number of hydrogen-bond acceptors (Lipinski definition) is 5. The Balaban J connectivity index is 1.52. The standard InChI is InChI=1S/C21H22F3N5O2/c22-21(23,24)6-1-8-28-9-5-13(11-28)29-18-15-4-7-25-19(15)26-10-16(18)27-20(29)17-3-2-14(12-30)31-17/h2-4,7,10,13,30H,1,5-6,8-9,11-12H2,(H,25,26)/t13-/m0/s1. The van der Waals surface area contributed by atoms with Crippen molar-refractivity contribution in [2.45, 2.75) is 38.1 Å². The Labute approximate surface area is 175 Å². The van der Waals surface area contributed by atoms with E-state index in [1.165, 1.54) is 0 Å². The molecule has 1 aliphatic heterocycles. The van der Waals surface area contributed by atoms with Gasteiger partial charge in [-0.3, -0.25) is 0 Å². The number of aromatic amines is 1. The quantitative estimate of drug-likeness (QED) is 0.475. The molecule has 1 saturated heterocycles. The van der Waals surface area contributed by atoms with Crippen molar-refractivity contribution in [2.24, 2.45) is 0 Å². The zero-order valence-electron chi connectivity index (χ0n) is 16.7. The molecule has 0 saturated carbocycles. The van der Waals surface area contributed by atoms with Gasteiger partial charge < -0.3 is 24.0 Å². The Morgan fingerprint density at radius 1 is 1.26 bits per heavy atom. The molecule has 1 fully saturated rings. The van der Waals surface area contributed by atoms with Gasteiger partial charge in [0.2, 0.25) is 0 Å². The summed E-state index contributed by atoms with van der Waals surface area (Å²) in [6.45, 7) is 1.57. The third-order valence-electron chi connectivity index (χ3n) is 5.82. The lowest BCUT2D eigenvalue weighted by molar-refractivity contribution is -0.136. The highest BCUT2D eigenvalue weighted by atomic mass is 19.4. The molecule has 0 bridgehead atoms. The maximum absolute atomic E-state index is 12.5. The number of H-pyrrole nitrogens is 1. The van der Waals surface area contributed by atoms with Gasteiger partial charge in [0.1, 0.15) is 23.5 Å². The molecule has 164 valence electrons. The molecule has 0 radical (unpaired) electrons. The molecule has 4 aromatic heterocycles. The molecule has 0 unspecified atom stereocenters. The summed E-state index contributed by atoms with van der Waals surface area (Å²) < 4.78 is 45.5. The first-order chi connectivity index (χ1) is 14.9. The molecule has 2 N–H and O–H groups in total. The van der Waals surface area contributed by atoms with Crippen LogP contribution in [0.25, 0.3) is 33.7 Å². The van der Waals surface area contributed by atoms with Crippen LogP contribution in [0.2, 0.25) is 0 Å². The monoisotopic (exact) mass is 433 g/mol. The lowest BCUT2D eigenvalue weighted by Crippen LogP contribution is -2.24. The SMILES string of the molecule is OCc1ccc(-c2nc3cnc4[nH]ccc4c3n2[C@H]2CCN(CCCC(F)(F)F)C2)o1. The zero-order valence-corrected chi connectivity index (χ0v) is 16.7. The van der Waals surface area contributed by atoms with Gasteiger partial charge in [0, 0.05) is 37.1 Å². The third kappa shape index (κ3) is 3.81. The van der Waals surface area contributed by atoms with E-state index >= 15 is 0 Å². The maximum Gasteiger partial charge on any atom is 0.389 e. The topological polar surface area (TPSA) is 83.1 Å². The number of aliphatic hydroxyl groups is 1. The van der Waals surface area contributed by atoms with Crippen LogP contribution in [0.15, 0.2) is 35.0 Å². The molecule has 10 heteroatoms. The summed E-state index contributed by atoms with van der Waals surface area (Å²) in [4.78, 5) is 14.4. The van der Waals surface area contributed by atoms with Crippen LogP contribution in [0.4, 0.5) is 13.2 Å². The van der Waals surface area contributed by atoms with E-state index in [1.54, 1.807) is 18.3 Å². The number of aromatic nitrogens is 4. The molecule has 31 heavy (non-hydrogen) atoms. The average molecular weight is 433 g/mol. The van der Waals surface area contributed by atoms with Gasteiger partial charge >= 0.3 is 6.18 Å². The first kappa shape index (κ1) is 20.1. The van der Waals surface area contributed by atoms with Crippen LogP contribution in [-0.2, 0) is 6.61 Å². The molecule has 1 aliphatic rings. The van der Waals surface area contributed by atoms with Crippen LogP contribution >= 0.6 is 0 Å². The molecule has 5 rings (SSSR count). The van der Waals surface area contributed by atoms with Gasteiger partial charge in [0.15, 0.2) is 11.6 Å². The highest BCUT2D eigenvalue weighted by molar-refractivity contribution is 6.02. The number of nitrogens with one attached hydrogen (secondary N) is 1. The van der Waals surface area contributed by atoms with E-state index in [2.05, 4.69) is 19.4 Å². The van der Waals surface area contributed by atoms with Gasteiger partial charge in [0.25, 0.3) is 0 Å². The number of imidazole rings is 1. The fraction of sp³-hybridized carbons (Fsp3) is 0.429. The van der Waals surface area contributed by atoms with Crippen molar-refractivity contribution < 1.29 is 22.7 Å². The molecule has 0 spiro atoms. The minimum atomic E-state index is -4.12. The van der Waals surface area contributed by atoms with Gasteiger partial charge in [-0.05, 0) is 37.6 Å². The van der Waals surface area contributed by atoms with Crippen LogP contribution in [0.5, 0.6) is 0 Å². The van der Waals surface area contributed by atoms with E-state index in [-0.39, 0.29) is 19.1 Å². The van der Waals surface area contributed by atoms with Crippen molar-refractivity contribution in [1.82, 2.24) is 24.4 Å². The number of fused-ring (bicyclic) bond motifs is 3. The van der Waals surface area contributed by atoms with Crippen molar-refractivity contribution in [3.63, 3.8) is 0 Å². The van der Waals surface area contributed by atoms with E-state index in [1.807, 2.05) is 12.3 Å². The second kappa shape index (κ2) is 7.69. The van der Waals surface area contributed by atoms with Crippen LogP contribution in [0.3, 0.4) is 0 Å². The fourth-order valence-corrected chi connectivity index (χ4v) is 4.43. The highest BCUT2D eigenvalue weighted by Crippen LogP contribution is 2.36. The van der Waals surface area contributed by atoms with E-state index in [0.29, 0.717) is 30.4 Å². The molecule has 0 amide bonds. The second-order valence-electron chi connectivity index (χ2n) is 7.92. The maximum atomic E-state index is 12.5. The van der Waals surface area contributed by atoms with E-state index < -0.39 is 12.6 Å². The second-order valence-corrected chi connectivity index (χ2v) is 7.92. The number of rotatable bonds is 6. The number of pyridine rings is 1. The minimum absolute atomic E-state index is 0.0362. The average Bonchev–Trinajstić information content (AvgIpc) is 3.49. The Kier molecular flexibility index (Phi) is 4.98. The number of nitrogens with zero attached hydrogens (tertiary/aromatic N) is 4. The summed E-state index contributed by atoms with van der Waals surface area (Å²) in [7, 11) is 0. The van der Waals surface area contributed by atoms with Crippen LogP contribution in [-0.4, -0.2) is 55.3 Å². The van der Waals surface area contributed by atoms with Gasteiger partial charge in [0.05, 0.1) is 11.7 Å². The van der Waals surface area contributed by atoms with Crippen molar-refractivity contribution in [3.05, 3.63) is 36.4 Å². The highest BCUT2D eigenvalue weighted by Gasteiger charge is 2.31. The number of hydrogen-bond donors (Lipinski definition) is 2. The Bertz CT molecular complexity index is 1210. The fourth-order valence-electron chi connectivity index (χ4n) is 4.43.